The van der Waals surface area contributed by atoms with Gasteiger partial charge in [0.2, 0.25) is 0 Å². The van der Waals surface area contributed by atoms with E-state index < -0.39 is 18.1 Å². The molecule has 110 valence electrons. The Kier molecular flexibility index (Phi) is 2.23. The van der Waals surface area contributed by atoms with Gasteiger partial charge in [-0.2, -0.15) is 0 Å². The Morgan fingerprint density at radius 2 is 1.43 bits per heavy atom. The summed E-state index contributed by atoms with van der Waals surface area (Å²) in [5, 5.41) is 2.12. The maximum absolute atomic E-state index is 8.15. The molecule has 0 atom stereocenters. The standard InChI is InChI=1S/C20H15N3/c1-14-21-19(16-8-3-2-4-9-16)23-20(22-14)18-12-11-15-7-5-6-10-17(15)13-18/h2-13H,1H3/i2D,3D,4D,8D,9D. The number of nitrogens with zero attached hydrogens (tertiary/aromatic N) is 3. The summed E-state index contributed by atoms with van der Waals surface area (Å²) in [7, 11) is 0. The fourth-order valence-electron chi connectivity index (χ4n) is 2.41. The van der Waals surface area contributed by atoms with E-state index in [4.69, 9.17) is 6.85 Å². The summed E-state index contributed by atoms with van der Waals surface area (Å²) >= 11 is 0. The Labute approximate surface area is 141 Å². The van der Waals surface area contributed by atoms with Crippen LogP contribution in [-0.4, -0.2) is 15.0 Å². The average Bonchev–Trinajstić information content (AvgIpc) is 2.70. The van der Waals surface area contributed by atoms with E-state index in [1.165, 1.54) is 0 Å². The molecular formula is C20H15N3. The number of fused-ring (bicyclic) bond motifs is 1. The van der Waals surface area contributed by atoms with Gasteiger partial charge in [0.1, 0.15) is 5.82 Å². The van der Waals surface area contributed by atoms with E-state index in [9.17, 15) is 0 Å². The van der Waals surface area contributed by atoms with Crippen molar-refractivity contribution in [2.24, 2.45) is 0 Å². The molecule has 3 heteroatoms. The van der Waals surface area contributed by atoms with Crippen molar-refractivity contribution in [3.63, 3.8) is 0 Å². The van der Waals surface area contributed by atoms with Gasteiger partial charge in [0.15, 0.2) is 11.6 Å². The Hall–Kier alpha value is -3.07. The van der Waals surface area contributed by atoms with E-state index in [2.05, 4.69) is 15.0 Å². The van der Waals surface area contributed by atoms with Gasteiger partial charge in [0.25, 0.3) is 0 Å². The minimum absolute atomic E-state index is 0.0291. The van der Waals surface area contributed by atoms with Gasteiger partial charge in [0, 0.05) is 11.1 Å². The molecule has 0 bridgehead atoms. The molecule has 3 aromatic carbocycles. The molecule has 0 aliphatic carbocycles. The minimum atomic E-state index is -0.445. The molecule has 0 radical (unpaired) electrons. The van der Waals surface area contributed by atoms with Gasteiger partial charge in [-0.05, 0) is 23.8 Å². The molecule has 4 rings (SSSR count). The lowest BCUT2D eigenvalue weighted by atomic mass is 10.1. The summed E-state index contributed by atoms with van der Waals surface area (Å²) in [5.41, 5.74) is 0.733. The molecule has 23 heavy (non-hydrogen) atoms. The molecule has 1 heterocycles. The minimum Gasteiger partial charge on any atom is -0.213 e. The SMILES string of the molecule is [2H]c1c([2H])c([2H])c(-c2nc(C)nc(-c3ccc4ccccc4c3)n2)c([2H])c1[2H]. The van der Waals surface area contributed by atoms with Crippen LogP contribution in [0.2, 0.25) is 0 Å². The molecule has 0 unspecified atom stereocenters. The Bertz CT molecular complexity index is 1210. The van der Waals surface area contributed by atoms with E-state index >= 15 is 0 Å². The normalized spacial score (nSPS) is 13.9. The van der Waals surface area contributed by atoms with Gasteiger partial charge >= 0.3 is 0 Å². The quantitative estimate of drug-likeness (QED) is 0.540. The third kappa shape index (κ3) is 2.69. The zero-order valence-electron chi connectivity index (χ0n) is 17.4. The molecule has 0 amide bonds. The zero-order valence-corrected chi connectivity index (χ0v) is 12.4. The molecule has 1 aromatic heterocycles. The number of aromatic nitrogens is 3. The fourth-order valence-corrected chi connectivity index (χ4v) is 2.41. The number of hydrogen-bond acceptors (Lipinski definition) is 3. The Morgan fingerprint density at radius 1 is 0.739 bits per heavy atom. The molecule has 0 saturated heterocycles. The van der Waals surface area contributed by atoms with Gasteiger partial charge in [-0.3, -0.25) is 0 Å². The smallest absolute Gasteiger partial charge is 0.163 e. The lowest BCUT2D eigenvalue weighted by molar-refractivity contribution is 0.992. The van der Waals surface area contributed by atoms with Gasteiger partial charge in [0.05, 0.1) is 6.85 Å². The van der Waals surface area contributed by atoms with Gasteiger partial charge in [-0.25, -0.2) is 15.0 Å². The summed E-state index contributed by atoms with van der Waals surface area (Å²) in [6, 6.07) is 11.8. The molecule has 0 saturated carbocycles. The van der Waals surface area contributed by atoms with Crippen molar-refractivity contribution in [2.45, 2.75) is 6.92 Å². The van der Waals surface area contributed by atoms with Crippen molar-refractivity contribution in [2.75, 3.05) is 0 Å². The highest BCUT2D eigenvalue weighted by Gasteiger charge is 2.08. The molecule has 3 nitrogen and oxygen atoms in total. The zero-order chi connectivity index (χ0) is 20.0. The highest BCUT2D eigenvalue weighted by molar-refractivity contribution is 5.86. The van der Waals surface area contributed by atoms with Crippen LogP contribution in [0.3, 0.4) is 0 Å². The average molecular weight is 302 g/mol. The van der Waals surface area contributed by atoms with Gasteiger partial charge in [-0.15, -0.1) is 0 Å². The van der Waals surface area contributed by atoms with E-state index in [0.717, 1.165) is 16.3 Å². The van der Waals surface area contributed by atoms with Crippen LogP contribution in [0.4, 0.5) is 0 Å². The second-order valence-corrected chi connectivity index (χ2v) is 5.09. The molecule has 4 aromatic rings. The van der Waals surface area contributed by atoms with Gasteiger partial charge < -0.3 is 0 Å². The van der Waals surface area contributed by atoms with Crippen LogP contribution in [0, 0.1) is 6.92 Å². The number of rotatable bonds is 2. The van der Waals surface area contributed by atoms with E-state index in [1.807, 2.05) is 42.5 Å². The highest BCUT2D eigenvalue weighted by Crippen LogP contribution is 2.23. The van der Waals surface area contributed by atoms with Crippen LogP contribution in [0.25, 0.3) is 33.5 Å². The Morgan fingerprint density at radius 3 is 2.22 bits per heavy atom. The first kappa shape index (κ1) is 9.16. The lowest BCUT2D eigenvalue weighted by Gasteiger charge is -2.06. The highest BCUT2D eigenvalue weighted by atomic mass is 15.0. The van der Waals surface area contributed by atoms with Crippen LogP contribution < -0.4 is 0 Å². The maximum Gasteiger partial charge on any atom is 0.163 e. The molecule has 0 fully saturated rings. The first-order chi connectivity index (χ1) is 13.4. The second kappa shape index (κ2) is 5.61. The lowest BCUT2D eigenvalue weighted by Crippen LogP contribution is -1.99. The largest absolute Gasteiger partial charge is 0.213 e. The van der Waals surface area contributed by atoms with Crippen molar-refractivity contribution >= 4 is 10.8 Å². The molecule has 0 spiro atoms. The van der Waals surface area contributed by atoms with Crippen LogP contribution in [0.5, 0.6) is 0 Å². The van der Waals surface area contributed by atoms with Crippen LogP contribution in [0.1, 0.15) is 12.7 Å². The van der Waals surface area contributed by atoms with Crippen molar-refractivity contribution in [1.82, 2.24) is 15.0 Å². The molecular weight excluding hydrogens is 282 g/mol. The predicted octanol–water partition coefficient (Wildman–Crippen LogP) is 4.67. The molecule has 0 aliphatic heterocycles. The molecule has 0 aliphatic rings. The van der Waals surface area contributed by atoms with Crippen LogP contribution in [0.15, 0.2) is 72.7 Å². The number of benzene rings is 3. The van der Waals surface area contributed by atoms with E-state index in [-0.39, 0.29) is 23.5 Å². The Balaban J connectivity index is 1.93. The summed E-state index contributed by atoms with van der Waals surface area (Å²) in [6.45, 7) is 1.69. The van der Waals surface area contributed by atoms with E-state index in [1.54, 1.807) is 6.92 Å². The van der Waals surface area contributed by atoms with E-state index in [0.29, 0.717) is 11.6 Å². The summed E-state index contributed by atoms with van der Waals surface area (Å²) in [4.78, 5) is 13.0. The van der Waals surface area contributed by atoms with Crippen molar-refractivity contribution in [3.8, 4) is 22.8 Å². The monoisotopic (exact) mass is 302 g/mol. The number of aryl methyl sites for hydroxylation is 1. The second-order valence-electron chi connectivity index (χ2n) is 5.09. The van der Waals surface area contributed by atoms with Gasteiger partial charge in [-0.1, -0.05) is 66.6 Å². The van der Waals surface area contributed by atoms with Crippen molar-refractivity contribution in [3.05, 3.63) is 78.5 Å². The summed E-state index contributed by atoms with van der Waals surface area (Å²) in [5.74, 6) is 0.854. The third-order valence-corrected chi connectivity index (χ3v) is 3.48. The maximum atomic E-state index is 8.15. The summed E-state index contributed by atoms with van der Waals surface area (Å²) < 4.78 is 39.8. The first-order valence-electron chi connectivity index (χ1n) is 9.66. The van der Waals surface area contributed by atoms with Crippen molar-refractivity contribution in [1.29, 1.82) is 0 Å². The topological polar surface area (TPSA) is 38.7 Å². The summed E-state index contributed by atoms with van der Waals surface area (Å²) in [6.07, 6.45) is 0. The van der Waals surface area contributed by atoms with Crippen LogP contribution >= 0.6 is 0 Å². The molecule has 0 N–H and O–H groups in total. The third-order valence-electron chi connectivity index (χ3n) is 3.48. The number of hydrogen-bond donors (Lipinski definition) is 0. The van der Waals surface area contributed by atoms with Crippen molar-refractivity contribution < 1.29 is 6.85 Å². The fraction of sp³-hybridized carbons (Fsp3) is 0.0500. The first-order valence-corrected chi connectivity index (χ1v) is 7.16. The van der Waals surface area contributed by atoms with Crippen LogP contribution in [-0.2, 0) is 0 Å². The predicted molar refractivity (Wildman–Crippen MR) is 92.9 cm³/mol.